The first-order chi connectivity index (χ1) is 8.93. The minimum Gasteiger partial charge on any atom is -0.439 e. The Morgan fingerprint density at radius 2 is 1.95 bits per heavy atom. The zero-order valence-electron chi connectivity index (χ0n) is 10.5. The third-order valence-electron chi connectivity index (χ3n) is 2.82. The second-order valence-corrected chi connectivity index (χ2v) is 4.12. The highest BCUT2D eigenvalue weighted by atomic mass is 19.4. The van der Waals surface area contributed by atoms with Gasteiger partial charge < -0.3 is 9.73 Å². The summed E-state index contributed by atoms with van der Waals surface area (Å²) in [6, 6.07) is 5.12. The highest BCUT2D eigenvalue weighted by Gasteiger charge is 2.34. The normalized spacial score (nSPS) is 13.5. The van der Waals surface area contributed by atoms with E-state index >= 15 is 0 Å². The van der Waals surface area contributed by atoms with Crippen LogP contribution in [0.1, 0.15) is 24.4 Å². The van der Waals surface area contributed by atoms with Crippen LogP contribution in [0.4, 0.5) is 13.2 Å². The number of rotatable bonds is 3. The Bertz CT molecular complexity index is 563. The van der Waals surface area contributed by atoms with E-state index in [1.807, 2.05) is 6.92 Å². The van der Waals surface area contributed by atoms with E-state index in [0.29, 0.717) is 5.89 Å². The number of nitrogens with one attached hydrogen (secondary N) is 1. The van der Waals surface area contributed by atoms with Gasteiger partial charge in [0.1, 0.15) is 0 Å². The van der Waals surface area contributed by atoms with Gasteiger partial charge in [0.25, 0.3) is 0 Å². The molecule has 0 amide bonds. The molecular weight excluding hydrogens is 257 g/mol. The molecule has 1 unspecified atom stereocenters. The highest BCUT2D eigenvalue weighted by molar-refractivity contribution is 5.62. The summed E-state index contributed by atoms with van der Waals surface area (Å²) in [6.07, 6.45) is -3.11. The van der Waals surface area contributed by atoms with E-state index in [1.54, 1.807) is 7.05 Å². The standard InChI is InChI=1S/C13H13F3N2O/c1-8(17-2)12-18-7-11(19-12)9-5-3-4-6-10(9)13(14,15)16/h3-8,17H,1-2H3. The second-order valence-electron chi connectivity index (χ2n) is 4.12. The summed E-state index contributed by atoms with van der Waals surface area (Å²) in [5, 5.41) is 2.91. The molecule has 0 fully saturated rings. The van der Waals surface area contributed by atoms with E-state index in [0.717, 1.165) is 6.07 Å². The lowest BCUT2D eigenvalue weighted by Gasteiger charge is -2.10. The maximum absolute atomic E-state index is 12.9. The number of halogens is 3. The van der Waals surface area contributed by atoms with Gasteiger partial charge in [-0.2, -0.15) is 13.2 Å². The van der Waals surface area contributed by atoms with Crippen molar-refractivity contribution in [2.45, 2.75) is 19.1 Å². The molecule has 0 bridgehead atoms. The molecule has 1 atom stereocenters. The largest absolute Gasteiger partial charge is 0.439 e. The van der Waals surface area contributed by atoms with Crippen molar-refractivity contribution in [3.63, 3.8) is 0 Å². The fraction of sp³-hybridized carbons (Fsp3) is 0.308. The Morgan fingerprint density at radius 3 is 2.58 bits per heavy atom. The van der Waals surface area contributed by atoms with Crippen LogP contribution in [-0.4, -0.2) is 12.0 Å². The fourth-order valence-electron chi connectivity index (χ4n) is 1.68. The molecule has 0 radical (unpaired) electrons. The zero-order chi connectivity index (χ0) is 14.0. The number of alkyl halides is 3. The summed E-state index contributed by atoms with van der Waals surface area (Å²) in [6.45, 7) is 1.81. The van der Waals surface area contributed by atoms with Gasteiger partial charge in [-0.05, 0) is 20.0 Å². The van der Waals surface area contributed by atoms with Crippen molar-refractivity contribution >= 4 is 0 Å². The smallest absolute Gasteiger partial charge is 0.417 e. The van der Waals surface area contributed by atoms with Gasteiger partial charge in [-0.1, -0.05) is 18.2 Å². The van der Waals surface area contributed by atoms with Crippen molar-refractivity contribution in [1.82, 2.24) is 10.3 Å². The minimum atomic E-state index is -4.42. The Labute approximate surface area is 108 Å². The summed E-state index contributed by atoms with van der Waals surface area (Å²) >= 11 is 0. The first kappa shape index (κ1) is 13.6. The summed E-state index contributed by atoms with van der Waals surface area (Å²) in [5.74, 6) is 0.472. The molecule has 1 aromatic carbocycles. The van der Waals surface area contributed by atoms with Crippen LogP contribution in [0, 0.1) is 0 Å². The van der Waals surface area contributed by atoms with Gasteiger partial charge in [-0.15, -0.1) is 0 Å². The Morgan fingerprint density at radius 1 is 1.26 bits per heavy atom. The van der Waals surface area contributed by atoms with Crippen molar-refractivity contribution in [1.29, 1.82) is 0 Å². The average molecular weight is 270 g/mol. The molecule has 102 valence electrons. The molecule has 2 rings (SSSR count). The van der Waals surface area contributed by atoms with E-state index in [9.17, 15) is 13.2 Å². The Balaban J connectivity index is 2.45. The molecule has 1 heterocycles. The summed E-state index contributed by atoms with van der Waals surface area (Å²) in [4.78, 5) is 3.99. The number of hydrogen-bond donors (Lipinski definition) is 1. The number of aromatic nitrogens is 1. The van der Waals surface area contributed by atoms with Crippen LogP contribution in [0.5, 0.6) is 0 Å². The summed E-state index contributed by atoms with van der Waals surface area (Å²) in [7, 11) is 1.72. The molecule has 2 aromatic rings. The topological polar surface area (TPSA) is 38.1 Å². The second kappa shape index (κ2) is 5.05. The van der Waals surface area contributed by atoms with E-state index in [2.05, 4.69) is 10.3 Å². The first-order valence-electron chi connectivity index (χ1n) is 5.73. The summed E-state index contributed by atoms with van der Waals surface area (Å²) in [5.41, 5.74) is -0.730. The maximum atomic E-state index is 12.9. The van der Waals surface area contributed by atoms with Crippen molar-refractivity contribution in [2.75, 3.05) is 7.05 Å². The van der Waals surface area contributed by atoms with Crippen molar-refractivity contribution in [3.8, 4) is 11.3 Å². The molecular formula is C13H13F3N2O. The summed E-state index contributed by atoms with van der Waals surface area (Å²) < 4.78 is 44.1. The molecule has 0 saturated carbocycles. The van der Waals surface area contributed by atoms with Crippen LogP contribution in [0.25, 0.3) is 11.3 Å². The molecule has 6 heteroatoms. The molecule has 0 aliphatic carbocycles. The van der Waals surface area contributed by atoms with E-state index < -0.39 is 11.7 Å². The van der Waals surface area contributed by atoms with Crippen LogP contribution in [0.2, 0.25) is 0 Å². The molecule has 3 nitrogen and oxygen atoms in total. The van der Waals surface area contributed by atoms with Crippen LogP contribution < -0.4 is 5.32 Å². The molecule has 1 N–H and O–H groups in total. The molecule has 0 aliphatic heterocycles. The van der Waals surface area contributed by atoms with Crippen LogP contribution in [-0.2, 0) is 6.18 Å². The van der Waals surface area contributed by atoms with Gasteiger partial charge in [-0.25, -0.2) is 4.98 Å². The quantitative estimate of drug-likeness (QED) is 0.925. The average Bonchev–Trinajstić information content (AvgIpc) is 2.86. The molecule has 19 heavy (non-hydrogen) atoms. The lowest BCUT2D eigenvalue weighted by atomic mass is 10.1. The van der Waals surface area contributed by atoms with Crippen molar-refractivity contribution in [3.05, 3.63) is 41.9 Å². The molecule has 0 spiro atoms. The third kappa shape index (κ3) is 2.78. The van der Waals surface area contributed by atoms with Gasteiger partial charge in [-0.3, -0.25) is 0 Å². The maximum Gasteiger partial charge on any atom is 0.417 e. The van der Waals surface area contributed by atoms with Crippen molar-refractivity contribution in [2.24, 2.45) is 0 Å². The number of hydrogen-bond acceptors (Lipinski definition) is 3. The molecule has 1 aromatic heterocycles. The Hall–Kier alpha value is -1.82. The van der Waals surface area contributed by atoms with Gasteiger partial charge in [0.05, 0.1) is 17.8 Å². The molecule has 0 saturated heterocycles. The third-order valence-corrected chi connectivity index (χ3v) is 2.82. The van der Waals surface area contributed by atoms with E-state index in [1.165, 1.54) is 24.4 Å². The fourth-order valence-corrected chi connectivity index (χ4v) is 1.68. The predicted molar refractivity (Wildman–Crippen MR) is 64.4 cm³/mol. The van der Waals surface area contributed by atoms with Gasteiger partial charge in [0.15, 0.2) is 5.76 Å². The van der Waals surface area contributed by atoms with Crippen LogP contribution in [0.15, 0.2) is 34.9 Å². The predicted octanol–water partition coefficient (Wildman–Crippen LogP) is 3.64. The van der Waals surface area contributed by atoms with Gasteiger partial charge in [0.2, 0.25) is 5.89 Å². The van der Waals surface area contributed by atoms with Crippen molar-refractivity contribution < 1.29 is 17.6 Å². The van der Waals surface area contributed by atoms with E-state index in [-0.39, 0.29) is 17.4 Å². The van der Waals surface area contributed by atoms with Gasteiger partial charge in [0, 0.05) is 5.56 Å². The Kier molecular flexibility index (Phi) is 3.61. The minimum absolute atomic E-state index is 0.00273. The number of benzene rings is 1. The van der Waals surface area contributed by atoms with Crippen LogP contribution in [0.3, 0.4) is 0 Å². The van der Waals surface area contributed by atoms with Gasteiger partial charge >= 0.3 is 6.18 Å². The highest BCUT2D eigenvalue weighted by Crippen LogP contribution is 2.37. The molecule has 0 aliphatic rings. The SMILES string of the molecule is CNC(C)c1ncc(-c2ccccc2C(F)(F)F)o1. The van der Waals surface area contributed by atoms with Crippen LogP contribution >= 0.6 is 0 Å². The lowest BCUT2D eigenvalue weighted by molar-refractivity contribution is -0.137. The van der Waals surface area contributed by atoms with E-state index in [4.69, 9.17) is 4.42 Å². The zero-order valence-corrected chi connectivity index (χ0v) is 10.5. The lowest BCUT2D eigenvalue weighted by Crippen LogP contribution is -2.12. The number of oxazole rings is 1. The monoisotopic (exact) mass is 270 g/mol. The first-order valence-corrected chi connectivity index (χ1v) is 5.73. The number of nitrogens with zero attached hydrogens (tertiary/aromatic N) is 1.